The molecule has 1 atom stereocenters. The summed E-state index contributed by atoms with van der Waals surface area (Å²) in [5.41, 5.74) is 2.44. The van der Waals surface area contributed by atoms with E-state index in [-0.39, 0.29) is 5.91 Å². The molecule has 2 aromatic rings. The molecule has 0 unspecified atom stereocenters. The number of nitrogens with one attached hydrogen (secondary N) is 1. The molecule has 0 spiro atoms. The van der Waals surface area contributed by atoms with Crippen LogP contribution in [0.25, 0.3) is 0 Å². The molecule has 0 saturated carbocycles. The maximum absolute atomic E-state index is 12.2. The zero-order chi connectivity index (χ0) is 17.1. The van der Waals surface area contributed by atoms with Gasteiger partial charge in [-0.25, -0.2) is 0 Å². The molecule has 1 aromatic heterocycles. The van der Waals surface area contributed by atoms with Crippen molar-refractivity contribution in [2.45, 2.75) is 18.9 Å². The second-order valence-electron chi connectivity index (χ2n) is 5.52. The van der Waals surface area contributed by atoms with Crippen molar-refractivity contribution in [3.05, 3.63) is 51.8 Å². The molecule has 0 aliphatic carbocycles. The van der Waals surface area contributed by atoms with Gasteiger partial charge in [0.25, 0.3) is 5.91 Å². The lowest BCUT2D eigenvalue weighted by Gasteiger charge is -2.09. The van der Waals surface area contributed by atoms with Crippen LogP contribution in [0.2, 0.25) is 10.0 Å². The van der Waals surface area contributed by atoms with Gasteiger partial charge >= 0.3 is 0 Å². The lowest BCUT2D eigenvalue weighted by molar-refractivity contribution is -0.131. The molecule has 126 valence electrons. The summed E-state index contributed by atoms with van der Waals surface area (Å²) in [5.74, 6) is -0.192. The number of benzene rings is 1. The molecule has 1 N–H and O–H groups in total. The lowest BCUT2D eigenvalue weighted by atomic mass is 10.0. The highest BCUT2D eigenvalue weighted by atomic mass is 35.5. The van der Waals surface area contributed by atoms with Crippen molar-refractivity contribution in [3.8, 4) is 0 Å². The lowest BCUT2D eigenvalue weighted by Crippen LogP contribution is -2.36. The van der Waals surface area contributed by atoms with Crippen LogP contribution in [0.5, 0.6) is 0 Å². The zero-order valence-electron chi connectivity index (χ0n) is 13.0. The number of oxime groups is 1. The van der Waals surface area contributed by atoms with Crippen LogP contribution in [0, 0.1) is 0 Å². The van der Waals surface area contributed by atoms with E-state index in [1.165, 1.54) is 0 Å². The molecule has 3 rings (SSSR count). The molecule has 24 heavy (non-hydrogen) atoms. The summed E-state index contributed by atoms with van der Waals surface area (Å²) < 4.78 is 1.73. The highest BCUT2D eigenvalue weighted by Gasteiger charge is 2.29. The van der Waals surface area contributed by atoms with E-state index in [9.17, 15) is 4.79 Å². The van der Waals surface area contributed by atoms with Gasteiger partial charge in [-0.05, 0) is 24.1 Å². The Balaban J connectivity index is 1.51. The number of hydrogen-bond donors (Lipinski definition) is 1. The fourth-order valence-electron chi connectivity index (χ4n) is 2.45. The van der Waals surface area contributed by atoms with Gasteiger partial charge in [0.05, 0.1) is 16.9 Å². The van der Waals surface area contributed by atoms with E-state index in [2.05, 4.69) is 15.6 Å². The number of aromatic nitrogens is 2. The van der Waals surface area contributed by atoms with Crippen LogP contribution < -0.4 is 5.32 Å². The van der Waals surface area contributed by atoms with Gasteiger partial charge in [0, 0.05) is 36.8 Å². The molecule has 1 amide bonds. The molecule has 2 heterocycles. The minimum atomic E-state index is -0.638. The third-order valence-corrected chi connectivity index (χ3v) is 4.22. The third kappa shape index (κ3) is 3.88. The molecular formula is C16H16Cl2N4O2. The monoisotopic (exact) mass is 366 g/mol. The Morgan fingerprint density at radius 1 is 1.46 bits per heavy atom. The second kappa shape index (κ2) is 7.23. The summed E-state index contributed by atoms with van der Waals surface area (Å²) in [6.07, 6.45) is 4.15. The molecule has 0 fully saturated rings. The van der Waals surface area contributed by atoms with Gasteiger partial charge in [-0.2, -0.15) is 5.10 Å². The number of carbonyl (C=O) groups is 1. The van der Waals surface area contributed by atoms with Crippen LogP contribution in [0.4, 0.5) is 0 Å². The Bertz CT molecular complexity index is 788. The minimum absolute atomic E-state index is 0.192. The number of halogens is 2. The molecule has 8 heteroatoms. The molecule has 1 aliphatic heterocycles. The van der Waals surface area contributed by atoms with Crippen LogP contribution in [0.3, 0.4) is 0 Å². The predicted molar refractivity (Wildman–Crippen MR) is 92.4 cm³/mol. The van der Waals surface area contributed by atoms with Gasteiger partial charge in [0.2, 0.25) is 6.10 Å². The van der Waals surface area contributed by atoms with Crippen LogP contribution >= 0.6 is 23.2 Å². The molecule has 0 radical (unpaired) electrons. The first kappa shape index (κ1) is 16.8. The quantitative estimate of drug-likeness (QED) is 0.883. The van der Waals surface area contributed by atoms with Gasteiger partial charge in [-0.1, -0.05) is 34.4 Å². The molecule has 6 nitrogen and oxygen atoms in total. The van der Waals surface area contributed by atoms with E-state index in [0.29, 0.717) is 35.1 Å². The molecular weight excluding hydrogens is 351 g/mol. The highest BCUT2D eigenvalue weighted by molar-refractivity contribution is 6.37. The number of hydrogen-bond acceptors (Lipinski definition) is 4. The number of aryl methyl sites for hydroxylation is 1. The summed E-state index contributed by atoms with van der Waals surface area (Å²) in [4.78, 5) is 17.4. The third-order valence-electron chi connectivity index (χ3n) is 3.67. The molecule has 0 saturated heterocycles. The standard InChI is InChI=1S/C16H16Cl2N4O2/c1-22-9-10(8-20-22)4-5-19-16(23)15-7-14(21-24-15)12-3-2-11(17)6-13(12)18/h2-3,6,8-9,15H,4-5,7H2,1H3,(H,19,23)/t15-/m1/s1. The summed E-state index contributed by atoms with van der Waals surface area (Å²) in [5, 5.41) is 12.0. The van der Waals surface area contributed by atoms with Crippen molar-refractivity contribution in [1.29, 1.82) is 0 Å². The van der Waals surface area contributed by atoms with E-state index in [4.69, 9.17) is 28.0 Å². The first-order valence-corrected chi connectivity index (χ1v) is 8.22. The maximum Gasteiger partial charge on any atom is 0.264 e. The fraction of sp³-hybridized carbons (Fsp3) is 0.312. The van der Waals surface area contributed by atoms with Crippen molar-refractivity contribution >= 4 is 34.8 Å². The topological polar surface area (TPSA) is 68.5 Å². The Labute approximate surface area is 149 Å². The zero-order valence-corrected chi connectivity index (χ0v) is 14.5. The van der Waals surface area contributed by atoms with Gasteiger partial charge in [-0.15, -0.1) is 0 Å². The normalized spacial score (nSPS) is 16.6. The summed E-state index contributed by atoms with van der Waals surface area (Å²) in [6.45, 7) is 0.515. The van der Waals surface area contributed by atoms with Crippen molar-refractivity contribution in [1.82, 2.24) is 15.1 Å². The first-order valence-electron chi connectivity index (χ1n) is 7.46. The Morgan fingerprint density at radius 2 is 2.29 bits per heavy atom. The smallest absolute Gasteiger partial charge is 0.264 e. The number of amides is 1. The average molecular weight is 367 g/mol. The first-order chi connectivity index (χ1) is 11.5. The van der Waals surface area contributed by atoms with Crippen LogP contribution in [-0.2, 0) is 23.1 Å². The number of rotatable bonds is 5. The largest absolute Gasteiger partial charge is 0.382 e. The number of carbonyl (C=O) groups excluding carboxylic acids is 1. The average Bonchev–Trinajstić information content (AvgIpc) is 3.16. The van der Waals surface area contributed by atoms with Crippen LogP contribution in [-0.4, -0.2) is 34.0 Å². The Hall–Kier alpha value is -2.05. The van der Waals surface area contributed by atoms with E-state index in [0.717, 1.165) is 11.1 Å². The van der Waals surface area contributed by atoms with Crippen molar-refractivity contribution in [3.63, 3.8) is 0 Å². The molecule has 1 aliphatic rings. The van der Waals surface area contributed by atoms with Crippen molar-refractivity contribution < 1.29 is 9.63 Å². The minimum Gasteiger partial charge on any atom is -0.382 e. The van der Waals surface area contributed by atoms with Gasteiger partial charge in [0.15, 0.2) is 0 Å². The van der Waals surface area contributed by atoms with E-state index in [1.54, 1.807) is 29.1 Å². The van der Waals surface area contributed by atoms with Gasteiger partial charge in [-0.3, -0.25) is 9.48 Å². The van der Waals surface area contributed by atoms with Gasteiger partial charge < -0.3 is 10.2 Å². The van der Waals surface area contributed by atoms with E-state index >= 15 is 0 Å². The molecule has 1 aromatic carbocycles. The van der Waals surface area contributed by atoms with Gasteiger partial charge in [0.1, 0.15) is 0 Å². The maximum atomic E-state index is 12.2. The summed E-state index contributed by atoms with van der Waals surface area (Å²) in [7, 11) is 1.86. The second-order valence-corrected chi connectivity index (χ2v) is 6.37. The van der Waals surface area contributed by atoms with E-state index < -0.39 is 6.10 Å². The summed E-state index contributed by atoms with van der Waals surface area (Å²) in [6, 6.07) is 5.14. The van der Waals surface area contributed by atoms with Crippen LogP contribution in [0.1, 0.15) is 17.5 Å². The van der Waals surface area contributed by atoms with Crippen molar-refractivity contribution in [2.24, 2.45) is 12.2 Å². The highest BCUT2D eigenvalue weighted by Crippen LogP contribution is 2.26. The van der Waals surface area contributed by atoms with E-state index in [1.807, 2.05) is 13.2 Å². The van der Waals surface area contributed by atoms with Crippen LogP contribution in [0.15, 0.2) is 35.7 Å². The summed E-state index contributed by atoms with van der Waals surface area (Å²) >= 11 is 12.0. The SMILES string of the molecule is Cn1cc(CCNC(=O)[C@H]2CC(c3ccc(Cl)cc3Cl)=NO2)cn1. The predicted octanol–water partition coefficient (Wildman–Crippen LogP) is 2.58. The number of nitrogens with zero attached hydrogens (tertiary/aromatic N) is 3. The fourth-order valence-corrected chi connectivity index (χ4v) is 2.96. The van der Waals surface area contributed by atoms with Crippen molar-refractivity contribution in [2.75, 3.05) is 6.54 Å². The Kier molecular flexibility index (Phi) is 5.06. The Morgan fingerprint density at radius 3 is 3.00 bits per heavy atom. The molecule has 0 bridgehead atoms.